The lowest BCUT2D eigenvalue weighted by molar-refractivity contribution is 0.715. The molecule has 0 bridgehead atoms. The van der Waals surface area contributed by atoms with E-state index in [1.54, 1.807) is 0 Å². The molecule has 0 aliphatic heterocycles. The van der Waals surface area contributed by atoms with Crippen molar-refractivity contribution in [3.8, 4) is 0 Å². The lowest BCUT2D eigenvalue weighted by Gasteiger charge is -1.62. The van der Waals surface area contributed by atoms with Crippen LogP contribution in [0.3, 0.4) is 0 Å². The molecule has 0 atom stereocenters. The van der Waals surface area contributed by atoms with Crippen molar-refractivity contribution in [1.82, 2.24) is 0 Å². The summed E-state index contributed by atoms with van der Waals surface area (Å²) >= 11 is 0. The van der Waals surface area contributed by atoms with Crippen LogP contribution in [-0.4, -0.2) is 0 Å². The number of rotatable bonds is 2. The monoisotopic (exact) mass is 174 g/mol. The lowest BCUT2D eigenvalue weighted by Crippen LogP contribution is -1.42. The van der Waals surface area contributed by atoms with Gasteiger partial charge in [-0.3, -0.25) is 0 Å². The Morgan fingerprint density at radius 2 is 1.42 bits per heavy atom. The van der Waals surface area contributed by atoms with Gasteiger partial charge in [-0.15, -0.1) is 6.58 Å². The zero-order valence-electron chi connectivity index (χ0n) is 7.89. The van der Waals surface area contributed by atoms with Gasteiger partial charge in [0.25, 0.3) is 0 Å². The van der Waals surface area contributed by atoms with Gasteiger partial charge < -0.3 is 0 Å². The second-order valence-corrected chi connectivity index (χ2v) is 1.62. The van der Waals surface area contributed by atoms with E-state index in [1.807, 2.05) is 13.0 Å². The molecule has 0 aliphatic rings. The maximum atomic E-state index is 10.8. The molecule has 0 aliphatic carbocycles. The van der Waals surface area contributed by atoms with Crippen molar-refractivity contribution in [3.05, 3.63) is 38.0 Å². The van der Waals surface area contributed by atoms with Crippen LogP contribution in [0.2, 0.25) is 0 Å². The van der Waals surface area contributed by atoms with Crippen LogP contribution in [0.5, 0.6) is 0 Å². The summed E-state index contributed by atoms with van der Waals surface area (Å²) in [6, 6.07) is 0. The topological polar surface area (TPSA) is 0 Å². The highest BCUT2D eigenvalue weighted by Gasteiger charge is 1.55. The Bertz CT molecular complexity index is 96.0. The van der Waals surface area contributed by atoms with Crippen LogP contribution in [0.15, 0.2) is 38.0 Å². The summed E-state index contributed by atoms with van der Waals surface area (Å²) in [4.78, 5) is 0. The molecule has 0 nitrogen and oxygen atoms in total. The summed E-state index contributed by atoms with van der Waals surface area (Å²) in [5.74, 6) is 0. The first kappa shape index (κ1) is 17.2. The van der Waals surface area contributed by atoms with Crippen LogP contribution >= 0.6 is 0 Å². The molecule has 0 radical (unpaired) electrons. The Kier molecular flexibility index (Phi) is 46.3. The molecule has 0 rings (SSSR count). The minimum absolute atomic E-state index is 0.250. The quantitative estimate of drug-likeness (QED) is 0.538. The fraction of sp³-hybridized carbons (Fsp3) is 0.400. The minimum atomic E-state index is 0.250. The largest absolute Gasteiger partial charge is 0.216 e. The number of allylic oxidation sites excluding steroid dienone is 2. The zero-order valence-corrected chi connectivity index (χ0v) is 7.89. The lowest BCUT2D eigenvalue weighted by atomic mass is 10.5. The maximum Gasteiger partial charge on any atom is 0.0826 e. The molecule has 0 N–H and O–H groups in total. The average molecular weight is 174 g/mol. The standard InChI is InChI=1S/C4H7F.C4H8.C2H3F/c1-2-3-4-5;1-3-4-2;1-2-3/h3-4H,2H2,1H3;3H,1,4H2,2H3;2H,1H2/b4-3+;;/i5-1;;3-1. The van der Waals surface area contributed by atoms with Crippen LogP contribution < -0.4 is 0 Å². The maximum absolute atomic E-state index is 10.8. The molecule has 72 valence electrons. The van der Waals surface area contributed by atoms with Crippen molar-refractivity contribution in [3.63, 3.8) is 0 Å². The second kappa shape index (κ2) is 32.2. The Labute approximate surface area is 74.3 Å². The van der Waals surface area contributed by atoms with Crippen molar-refractivity contribution in [1.29, 1.82) is 0 Å². The fourth-order valence-electron chi connectivity index (χ4n) is 0.0891. The third-order valence-electron chi connectivity index (χ3n) is 0.613. The van der Waals surface area contributed by atoms with E-state index in [4.69, 9.17) is 0 Å². The normalized spacial score (nSPS) is 7.33. The van der Waals surface area contributed by atoms with Gasteiger partial charge in [0.1, 0.15) is 0 Å². The highest BCUT2D eigenvalue weighted by atomic mass is 18.2. The molecule has 0 aromatic rings. The van der Waals surface area contributed by atoms with Crippen LogP contribution in [0.4, 0.5) is 8.78 Å². The molecule has 2 heteroatoms. The second-order valence-electron chi connectivity index (χ2n) is 1.62. The highest BCUT2D eigenvalue weighted by Crippen LogP contribution is 1.76. The summed E-state index contributed by atoms with van der Waals surface area (Å²) in [6.45, 7) is 10.1. The van der Waals surface area contributed by atoms with Crippen molar-refractivity contribution in [2.75, 3.05) is 0 Å². The summed E-state index contributed by atoms with van der Waals surface area (Å²) < 4.78 is 20.9. The van der Waals surface area contributed by atoms with Gasteiger partial charge in [-0.1, -0.05) is 32.6 Å². The highest BCUT2D eigenvalue weighted by molar-refractivity contribution is 4.67. The van der Waals surface area contributed by atoms with Crippen LogP contribution in [0.1, 0.15) is 26.7 Å². The van der Waals surface area contributed by atoms with Gasteiger partial charge >= 0.3 is 0 Å². The van der Waals surface area contributed by atoms with Gasteiger partial charge in [0.15, 0.2) is 0 Å². The van der Waals surface area contributed by atoms with E-state index >= 15 is 0 Å². The zero-order chi connectivity index (χ0) is 10.2. The van der Waals surface area contributed by atoms with E-state index in [0.717, 1.165) is 12.8 Å². The van der Waals surface area contributed by atoms with Gasteiger partial charge in [0.2, 0.25) is 0 Å². The Morgan fingerprint density at radius 3 is 1.42 bits per heavy atom. The van der Waals surface area contributed by atoms with E-state index in [9.17, 15) is 8.78 Å². The Balaban J connectivity index is -0.000000105. The van der Waals surface area contributed by atoms with E-state index in [2.05, 4.69) is 20.1 Å². The van der Waals surface area contributed by atoms with Gasteiger partial charge in [0, 0.05) is 0 Å². The molecule has 0 fully saturated rings. The SMILES string of the molecule is C=CCC.C=C[18F].CC/C=C/[18F]. The molecule has 0 aromatic heterocycles. The van der Waals surface area contributed by atoms with E-state index in [-0.39, 0.29) is 6.33 Å². The molecule has 0 spiro atoms. The van der Waals surface area contributed by atoms with Gasteiger partial charge in [-0.2, -0.15) is 0 Å². The minimum Gasteiger partial charge on any atom is -0.216 e. The molecule has 0 amide bonds. The van der Waals surface area contributed by atoms with Gasteiger partial charge in [-0.05, 0) is 12.8 Å². The number of hydrogen-bond acceptors (Lipinski definition) is 0. The molecular formula is C10H18F2. The summed E-state index contributed by atoms with van der Waals surface area (Å²) in [6.07, 6.45) is 6.01. The van der Waals surface area contributed by atoms with Gasteiger partial charge in [0.05, 0.1) is 12.7 Å². The van der Waals surface area contributed by atoms with E-state index in [0.29, 0.717) is 6.33 Å². The van der Waals surface area contributed by atoms with Gasteiger partial charge in [-0.25, -0.2) is 8.78 Å². The molecule has 12 heavy (non-hydrogen) atoms. The van der Waals surface area contributed by atoms with Crippen molar-refractivity contribution >= 4 is 0 Å². The van der Waals surface area contributed by atoms with Crippen molar-refractivity contribution in [2.24, 2.45) is 0 Å². The van der Waals surface area contributed by atoms with E-state index in [1.165, 1.54) is 6.08 Å². The predicted octanol–water partition coefficient (Wildman–Crippen LogP) is 4.56. The number of hydrogen-bond donors (Lipinski definition) is 0. The average Bonchev–Trinajstić information content (AvgIpc) is 2.08. The van der Waals surface area contributed by atoms with E-state index < -0.39 is 0 Å². The van der Waals surface area contributed by atoms with Crippen molar-refractivity contribution in [2.45, 2.75) is 26.7 Å². The van der Waals surface area contributed by atoms with Crippen LogP contribution in [0, 0.1) is 0 Å². The molecule has 0 heterocycles. The molecule has 0 saturated heterocycles. The Hall–Kier alpha value is -0.920. The summed E-state index contributed by atoms with van der Waals surface area (Å²) in [5.41, 5.74) is 0. The smallest absolute Gasteiger partial charge is 0.0826 e. The summed E-state index contributed by atoms with van der Waals surface area (Å²) in [5, 5.41) is 0. The predicted molar refractivity (Wildman–Crippen MR) is 52.3 cm³/mol. The third-order valence-corrected chi connectivity index (χ3v) is 0.613. The molecule has 0 unspecified atom stereocenters. The molecular weight excluding hydrogens is 156 g/mol. The Morgan fingerprint density at radius 1 is 1.08 bits per heavy atom. The first-order chi connectivity index (χ1) is 5.74. The van der Waals surface area contributed by atoms with Crippen LogP contribution in [0.25, 0.3) is 0 Å². The van der Waals surface area contributed by atoms with Crippen LogP contribution in [-0.2, 0) is 0 Å². The molecule has 0 saturated carbocycles. The number of halogens is 2. The summed E-state index contributed by atoms with van der Waals surface area (Å²) in [7, 11) is 0. The fourth-order valence-corrected chi connectivity index (χ4v) is 0.0891. The first-order valence-corrected chi connectivity index (χ1v) is 3.82. The molecule has 0 aromatic carbocycles. The third kappa shape index (κ3) is 137. The first-order valence-electron chi connectivity index (χ1n) is 3.82. The van der Waals surface area contributed by atoms with Crippen molar-refractivity contribution < 1.29 is 8.78 Å².